The highest BCUT2D eigenvalue weighted by Gasteiger charge is 2.14. The summed E-state index contributed by atoms with van der Waals surface area (Å²) in [7, 11) is 0. The van der Waals surface area contributed by atoms with Gasteiger partial charge in [-0.15, -0.1) is 0 Å². The number of carbonyl (C=O) groups is 1. The molecule has 1 aromatic heterocycles. The van der Waals surface area contributed by atoms with E-state index >= 15 is 0 Å². The highest BCUT2D eigenvalue weighted by atomic mass is 32.2. The fourth-order valence-electron chi connectivity index (χ4n) is 1.93. The average molecular weight is 305 g/mol. The highest BCUT2D eigenvalue weighted by molar-refractivity contribution is 7.99. The molecule has 2 rings (SSSR count). The van der Waals surface area contributed by atoms with Gasteiger partial charge in [-0.2, -0.15) is 9.97 Å². The van der Waals surface area contributed by atoms with Crippen LogP contribution in [0.15, 0.2) is 29.4 Å². The zero-order valence-electron chi connectivity index (χ0n) is 12.0. The summed E-state index contributed by atoms with van der Waals surface area (Å²) in [4.78, 5) is 17.9. The number of aryl methyl sites for hydroxylation is 2. The first-order chi connectivity index (χ1) is 9.95. The molecule has 0 aliphatic heterocycles. The molecule has 7 N–H and O–H groups in total. The van der Waals surface area contributed by atoms with Crippen LogP contribution in [0.5, 0.6) is 0 Å². The van der Waals surface area contributed by atoms with Crippen molar-refractivity contribution >= 4 is 35.0 Å². The van der Waals surface area contributed by atoms with E-state index in [4.69, 9.17) is 11.5 Å². The van der Waals surface area contributed by atoms with Crippen LogP contribution in [0, 0.1) is 13.8 Å². The van der Waals surface area contributed by atoms with Gasteiger partial charge in [0, 0.05) is 5.69 Å². The van der Waals surface area contributed by atoms with Crippen molar-refractivity contribution in [2.24, 2.45) is 0 Å². The van der Waals surface area contributed by atoms with Crippen molar-refractivity contribution in [3.05, 3.63) is 35.4 Å². The lowest BCUT2D eigenvalue weighted by atomic mass is 10.1. The number of nitrogen functional groups attached to an aromatic ring is 2. The van der Waals surface area contributed by atoms with E-state index in [0.717, 1.165) is 16.8 Å². The summed E-state index contributed by atoms with van der Waals surface area (Å²) < 4.78 is 0. The molecule has 0 aliphatic carbocycles. The number of thioether (sulfide) groups is 1. The van der Waals surface area contributed by atoms with Crippen molar-refractivity contribution in [2.45, 2.75) is 19.0 Å². The minimum atomic E-state index is -0.0832. The molecular formula is C14H19N5OS+2. The summed E-state index contributed by atoms with van der Waals surface area (Å²) in [6.45, 7) is 3.94. The van der Waals surface area contributed by atoms with E-state index < -0.39 is 0 Å². The van der Waals surface area contributed by atoms with Crippen LogP contribution in [0.25, 0.3) is 0 Å². The number of nitrogens with two attached hydrogens (primary N) is 2. The van der Waals surface area contributed by atoms with Gasteiger partial charge in [0.15, 0.2) is 0 Å². The molecule has 7 heteroatoms. The molecule has 1 amide bonds. The van der Waals surface area contributed by atoms with E-state index in [1.807, 2.05) is 32.0 Å². The number of aromatic nitrogens is 2. The second kappa shape index (κ2) is 6.45. The fraction of sp³-hybridized carbons (Fsp3) is 0.214. The van der Waals surface area contributed by atoms with Gasteiger partial charge in [-0.1, -0.05) is 18.2 Å². The number of anilines is 3. The van der Waals surface area contributed by atoms with Crippen molar-refractivity contribution in [1.82, 2.24) is 0 Å². The number of aromatic amines is 2. The van der Waals surface area contributed by atoms with Crippen LogP contribution in [-0.2, 0) is 4.79 Å². The second-order valence-electron chi connectivity index (χ2n) is 4.74. The Labute approximate surface area is 127 Å². The molecule has 0 unspecified atom stereocenters. The number of hydrogen-bond acceptors (Lipinski definition) is 4. The third kappa shape index (κ3) is 4.09. The molecule has 21 heavy (non-hydrogen) atoms. The van der Waals surface area contributed by atoms with Crippen molar-refractivity contribution in [1.29, 1.82) is 0 Å². The molecule has 0 fully saturated rings. The van der Waals surface area contributed by atoms with Gasteiger partial charge in [-0.3, -0.25) is 10.5 Å². The maximum atomic E-state index is 12.0. The number of nitrogens with one attached hydrogen (secondary N) is 3. The van der Waals surface area contributed by atoms with Crippen molar-refractivity contribution in [3.8, 4) is 0 Å². The summed E-state index contributed by atoms with van der Waals surface area (Å²) in [6.07, 6.45) is 0. The van der Waals surface area contributed by atoms with Gasteiger partial charge >= 0.3 is 11.0 Å². The maximum Gasteiger partial charge on any atom is 0.375 e. The Kier molecular flexibility index (Phi) is 4.64. The van der Waals surface area contributed by atoms with E-state index in [0.29, 0.717) is 16.8 Å². The quantitative estimate of drug-likeness (QED) is 0.574. The predicted octanol–water partition coefficient (Wildman–Crippen LogP) is 0.827. The molecule has 2 aromatic rings. The zero-order chi connectivity index (χ0) is 15.4. The Hall–Kier alpha value is -2.28. The molecule has 0 radical (unpaired) electrons. The first kappa shape index (κ1) is 15.1. The van der Waals surface area contributed by atoms with Gasteiger partial charge in [0.2, 0.25) is 11.7 Å². The molecule has 110 valence electrons. The van der Waals surface area contributed by atoms with Crippen molar-refractivity contribution in [2.75, 3.05) is 22.5 Å². The van der Waals surface area contributed by atoms with Gasteiger partial charge in [0.05, 0.1) is 5.75 Å². The van der Waals surface area contributed by atoms with E-state index in [9.17, 15) is 4.79 Å². The van der Waals surface area contributed by atoms with Gasteiger partial charge in [-0.25, -0.2) is 0 Å². The summed E-state index contributed by atoms with van der Waals surface area (Å²) in [5.74, 6) is 1.07. The topological polar surface area (TPSA) is 109 Å². The van der Waals surface area contributed by atoms with Crippen molar-refractivity contribution < 1.29 is 14.8 Å². The lowest BCUT2D eigenvalue weighted by Crippen LogP contribution is -2.28. The summed E-state index contributed by atoms with van der Waals surface area (Å²) in [5, 5.41) is 3.57. The first-order valence-corrected chi connectivity index (χ1v) is 7.43. The molecule has 1 heterocycles. The molecule has 0 bridgehead atoms. The number of benzene rings is 1. The molecule has 0 spiro atoms. The third-order valence-corrected chi connectivity index (χ3v) is 3.82. The van der Waals surface area contributed by atoms with Crippen LogP contribution in [0.3, 0.4) is 0 Å². The van der Waals surface area contributed by atoms with Crippen LogP contribution in [0.1, 0.15) is 11.1 Å². The molecule has 0 saturated heterocycles. The Morgan fingerprint density at radius 3 is 2.33 bits per heavy atom. The average Bonchev–Trinajstić information content (AvgIpc) is 2.40. The molecular weight excluding hydrogens is 286 g/mol. The van der Waals surface area contributed by atoms with Crippen LogP contribution >= 0.6 is 11.8 Å². The van der Waals surface area contributed by atoms with Crippen LogP contribution in [-0.4, -0.2) is 11.7 Å². The van der Waals surface area contributed by atoms with Crippen LogP contribution in [0.4, 0.5) is 17.3 Å². The zero-order valence-corrected chi connectivity index (χ0v) is 12.8. The lowest BCUT2D eigenvalue weighted by molar-refractivity contribution is -0.590. The smallest absolute Gasteiger partial charge is 0.359 e. The number of para-hydroxylation sites is 1. The minimum Gasteiger partial charge on any atom is -0.359 e. The Balaban J connectivity index is 1.99. The van der Waals surface area contributed by atoms with Gasteiger partial charge < -0.3 is 11.1 Å². The highest BCUT2D eigenvalue weighted by Crippen LogP contribution is 2.20. The summed E-state index contributed by atoms with van der Waals surface area (Å²) >= 11 is 1.30. The van der Waals surface area contributed by atoms with E-state index in [2.05, 4.69) is 15.3 Å². The second-order valence-corrected chi connectivity index (χ2v) is 5.72. The van der Waals surface area contributed by atoms with E-state index in [1.54, 1.807) is 6.07 Å². The minimum absolute atomic E-state index is 0.0832. The Bertz CT molecular complexity index is 634. The Morgan fingerprint density at radius 2 is 1.76 bits per heavy atom. The van der Waals surface area contributed by atoms with Crippen LogP contribution in [0.2, 0.25) is 0 Å². The normalized spacial score (nSPS) is 10.4. The molecule has 0 aliphatic rings. The standard InChI is InChI=1S/C14H17N5OS/c1-8-4-3-5-9(2)13(8)19-12(20)7-21-14-17-10(15)6-11(16)18-14/h3-6H,7H2,1-2H3,(H,19,20)(H4,15,16,17,18)/p+2. The number of rotatable bonds is 4. The SMILES string of the molecule is Cc1cccc(C)c1NC(=O)CSc1[nH+]c(N)cc(N)[nH+]1. The summed E-state index contributed by atoms with van der Waals surface area (Å²) in [6, 6.07) is 7.49. The van der Waals surface area contributed by atoms with E-state index in [-0.39, 0.29) is 11.7 Å². The number of carbonyl (C=O) groups excluding carboxylic acids is 1. The van der Waals surface area contributed by atoms with Gasteiger partial charge in [-0.05, 0) is 36.7 Å². The molecule has 6 nitrogen and oxygen atoms in total. The fourth-order valence-corrected chi connectivity index (χ4v) is 2.66. The Morgan fingerprint density at radius 1 is 1.19 bits per heavy atom. The molecule has 0 atom stereocenters. The number of amides is 1. The molecule has 1 aromatic carbocycles. The molecule has 0 saturated carbocycles. The van der Waals surface area contributed by atoms with Crippen molar-refractivity contribution in [3.63, 3.8) is 0 Å². The predicted molar refractivity (Wildman–Crippen MR) is 83.6 cm³/mol. The van der Waals surface area contributed by atoms with Gasteiger partial charge in [0.1, 0.15) is 6.07 Å². The lowest BCUT2D eigenvalue weighted by Gasteiger charge is -2.10. The largest absolute Gasteiger partial charge is 0.375 e. The number of H-pyrrole nitrogens is 2. The van der Waals surface area contributed by atoms with Gasteiger partial charge in [0.25, 0.3) is 0 Å². The van der Waals surface area contributed by atoms with Crippen LogP contribution < -0.4 is 26.8 Å². The van der Waals surface area contributed by atoms with E-state index in [1.165, 1.54) is 11.8 Å². The summed E-state index contributed by atoms with van der Waals surface area (Å²) in [5.41, 5.74) is 14.3. The third-order valence-electron chi connectivity index (χ3n) is 2.92. The first-order valence-electron chi connectivity index (χ1n) is 6.45. The maximum absolute atomic E-state index is 12.0. The monoisotopic (exact) mass is 305 g/mol. The number of hydrogen-bond donors (Lipinski definition) is 3.